The number of aromatic nitrogens is 1. The maximum absolute atomic E-state index is 12.9. The lowest BCUT2D eigenvalue weighted by atomic mass is 10.1. The maximum atomic E-state index is 12.9. The number of carbonyl (C=O) groups is 1. The first kappa shape index (κ1) is 22.1. The van der Waals surface area contributed by atoms with Crippen LogP contribution in [0.15, 0.2) is 34.1 Å². The molecule has 2 aromatic rings. The molecule has 0 aliphatic carbocycles. The smallest absolute Gasteiger partial charge is 0.256 e. The first-order valence-corrected chi connectivity index (χ1v) is 11.0. The van der Waals surface area contributed by atoms with Gasteiger partial charge >= 0.3 is 0 Å². The van der Waals surface area contributed by atoms with Crippen LogP contribution in [0.25, 0.3) is 10.9 Å². The molecule has 1 amide bonds. The van der Waals surface area contributed by atoms with Crippen LogP contribution in [0.4, 0.5) is 0 Å². The first-order valence-electron chi connectivity index (χ1n) is 9.55. The zero-order valence-corrected chi connectivity index (χ0v) is 18.0. The molecular formula is C20H29N3O4S. The summed E-state index contributed by atoms with van der Waals surface area (Å²) in [6, 6.07) is 4.47. The molecule has 0 fully saturated rings. The van der Waals surface area contributed by atoms with Gasteiger partial charge in [-0.1, -0.05) is 27.7 Å². The van der Waals surface area contributed by atoms with Crippen LogP contribution in [0.5, 0.6) is 0 Å². The van der Waals surface area contributed by atoms with Gasteiger partial charge in [0, 0.05) is 38.3 Å². The zero-order valence-electron chi connectivity index (χ0n) is 17.2. The molecule has 0 radical (unpaired) electrons. The van der Waals surface area contributed by atoms with Crippen molar-refractivity contribution in [2.24, 2.45) is 13.0 Å². The highest BCUT2D eigenvalue weighted by Gasteiger charge is 2.23. The van der Waals surface area contributed by atoms with Crippen molar-refractivity contribution in [2.75, 3.05) is 19.6 Å². The Morgan fingerprint density at radius 1 is 1.21 bits per heavy atom. The highest BCUT2D eigenvalue weighted by molar-refractivity contribution is 7.89. The summed E-state index contributed by atoms with van der Waals surface area (Å²) in [4.78, 5) is 25.5. The van der Waals surface area contributed by atoms with E-state index in [2.05, 4.69) is 19.2 Å². The second-order valence-corrected chi connectivity index (χ2v) is 9.13. The normalized spacial score (nSPS) is 12.1. The van der Waals surface area contributed by atoms with Gasteiger partial charge in [-0.2, -0.15) is 4.31 Å². The molecule has 1 aromatic heterocycles. The molecule has 28 heavy (non-hydrogen) atoms. The Bertz CT molecular complexity index is 1020. The summed E-state index contributed by atoms with van der Waals surface area (Å²) in [6.07, 6.45) is 2.31. The van der Waals surface area contributed by atoms with Crippen molar-refractivity contribution in [1.82, 2.24) is 14.2 Å². The topological polar surface area (TPSA) is 88.5 Å². The Morgan fingerprint density at radius 3 is 2.43 bits per heavy atom. The van der Waals surface area contributed by atoms with Crippen molar-refractivity contribution in [1.29, 1.82) is 0 Å². The number of hydrogen-bond acceptors (Lipinski definition) is 4. The molecule has 0 saturated heterocycles. The molecule has 7 nitrogen and oxygen atoms in total. The van der Waals surface area contributed by atoms with Gasteiger partial charge in [-0.15, -0.1) is 0 Å². The molecule has 2 rings (SSSR count). The lowest BCUT2D eigenvalue weighted by Crippen LogP contribution is -2.32. The maximum Gasteiger partial charge on any atom is 0.256 e. The highest BCUT2D eigenvalue weighted by Crippen LogP contribution is 2.20. The van der Waals surface area contributed by atoms with Crippen molar-refractivity contribution in [3.05, 3.63) is 40.2 Å². The quantitative estimate of drug-likeness (QED) is 0.727. The van der Waals surface area contributed by atoms with Crippen LogP contribution in [0, 0.1) is 5.92 Å². The van der Waals surface area contributed by atoms with Gasteiger partial charge in [-0.3, -0.25) is 9.59 Å². The van der Waals surface area contributed by atoms with Crippen LogP contribution in [-0.4, -0.2) is 42.8 Å². The van der Waals surface area contributed by atoms with E-state index in [0.29, 0.717) is 31.1 Å². The average Bonchev–Trinajstić information content (AvgIpc) is 2.64. The Hall–Kier alpha value is -2.19. The minimum atomic E-state index is -3.69. The Morgan fingerprint density at radius 2 is 1.86 bits per heavy atom. The van der Waals surface area contributed by atoms with E-state index in [9.17, 15) is 18.0 Å². The average molecular weight is 408 g/mol. The molecule has 0 unspecified atom stereocenters. The van der Waals surface area contributed by atoms with Gasteiger partial charge < -0.3 is 9.88 Å². The number of pyridine rings is 1. The highest BCUT2D eigenvalue weighted by atomic mass is 32.2. The summed E-state index contributed by atoms with van der Waals surface area (Å²) in [6.45, 7) is 8.80. The lowest BCUT2D eigenvalue weighted by molar-refractivity contribution is 0.0950. The summed E-state index contributed by atoms with van der Waals surface area (Å²) in [5, 5.41) is 2.98. The monoisotopic (exact) mass is 407 g/mol. The van der Waals surface area contributed by atoms with Crippen LogP contribution in [0.2, 0.25) is 0 Å². The number of nitrogens with one attached hydrogen (secondary N) is 1. The van der Waals surface area contributed by atoms with Gasteiger partial charge in [0.15, 0.2) is 0 Å². The van der Waals surface area contributed by atoms with E-state index >= 15 is 0 Å². The van der Waals surface area contributed by atoms with Crippen LogP contribution in [0.3, 0.4) is 0 Å². The minimum absolute atomic E-state index is 0.0103. The lowest BCUT2D eigenvalue weighted by Gasteiger charge is -2.19. The summed E-state index contributed by atoms with van der Waals surface area (Å²) in [5.41, 5.74) is 0.116. The van der Waals surface area contributed by atoms with E-state index in [1.54, 1.807) is 31.5 Å². The van der Waals surface area contributed by atoms with E-state index < -0.39 is 21.4 Å². The molecule has 154 valence electrons. The van der Waals surface area contributed by atoms with E-state index in [1.807, 2.05) is 0 Å². The number of fused-ring (bicyclic) bond motifs is 1. The van der Waals surface area contributed by atoms with Crippen molar-refractivity contribution in [3.8, 4) is 0 Å². The number of sulfonamides is 1. The molecule has 1 N–H and O–H groups in total. The van der Waals surface area contributed by atoms with Gasteiger partial charge in [-0.05, 0) is 30.5 Å². The number of rotatable bonds is 8. The summed E-state index contributed by atoms with van der Waals surface area (Å²) >= 11 is 0. The van der Waals surface area contributed by atoms with Crippen LogP contribution in [-0.2, 0) is 17.1 Å². The van der Waals surface area contributed by atoms with Crippen LogP contribution < -0.4 is 10.7 Å². The fraction of sp³-hybridized carbons (Fsp3) is 0.500. The molecular weight excluding hydrogens is 378 g/mol. The second-order valence-electron chi connectivity index (χ2n) is 7.19. The molecule has 8 heteroatoms. The standard InChI is InChI=1S/C20H29N3O4S/c1-6-23(7-2)28(26,27)15-8-9-18-16(12-15)19(24)17(13-22(18)5)20(25)21-11-10-14(3)4/h8-9,12-14H,6-7,10-11H2,1-5H3,(H,21,25). The van der Waals surface area contributed by atoms with E-state index in [0.717, 1.165) is 6.42 Å². The Labute approximate surface area is 166 Å². The number of nitrogens with zero attached hydrogens (tertiary/aromatic N) is 2. The molecule has 0 atom stereocenters. The molecule has 0 spiro atoms. The Balaban J connectivity index is 2.53. The number of amides is 1. The fourth-order valence-electron chi connectivity index (χ4n) is 3.08. The van der Waals surface area contributed by atoms with Gasteiger partial charge in [0.05, 0.1) is 10.4 Å². The van der Waals surface area contributed by atoms with Crippen LogP contribution in [0.1, 0.15) is 44.5 Å². The van der Waals surface area contributed by atoms with Crippen molar-refractivity contribution in [3.63, 3.8) is 0 Å². The number of aryl methyl sites for hydroxylation is 1. The van der Waals surface area contributed by atoms with Crippen molar-refractivity contribution in [2.45, 2.75) is 39.0 Å². The number of benzene rings is 1. The molecule has 0 bridgehead atoms. The van der Waals surface area contributed by atoms with Gasteiger partial charge in [0.25, 0.3) is 5.91 Å². The van der Waals surface area contributed by atoms with Gasteiger partial charge in [-0.25, -0.2) is 8.42 Å². The van der Waals surface area contributed by atoms with Crippen LogP contribution >= 0.6 is 0 Å². The van der Waals surface area contributed by atoms with E-state index in [1.165, 1.54) is 22.6 Å². The minimum Gasteiger partial charge on any atom is -0.352 e. The van der Waals surface area contributed by atoms with Crippen molar-refractivity contribution < 1.29 is 13.2 Å². The predicted molar refractivity (Wildman–Crippen MR) is 111 cm³/mol. The molecule has 0 aliphatic rings. The second kappa shape index (κ2) is 8.87. The molecule has 1 aromatic carbocycles. The summed E-state index contributed by atoms with van der Waals surface area (Å²) in [7, 11) is -1.97. The number of hydrogen-bond donors (Lipinski definition) is 1. The third-order valence-corrected chi connectivity index (χ3v) is 6.80. The van der Waals surface area contributed by atoms with E-state index in [-0.39, 0.29) is 15.8 Å². The first-order chi connectivity index (χ1) is 13.1. The Kier molecular flexibility index (Phi) is 7.01. The summed E-state index contributed by atoms with van der Waals surface area (Å²) < 4.78 is 28.6. The summed E-state index contributed by atoms with van der Waals surface area (Å²) in [5.74, 6) is -0.00673. The number of carbonyl (C=O) groups excluding carboxylic acids is 1. The molecule has 0 saturated carbocycles. The van der Waals surface area contributed by atoms with Crippen molar-refractivity contribution >= 4 is 26.8 Å². The van der Waals surface area contributed by atoms with Gasteiger partial charge in [0.2, 0.25) is 15.5 Å². The van der Waals surface area contributed by atoms with Gasteiger partial charge in [0.1, 0.15) is 5.56 Å². The SMILES string of the molecule is CCN(CC)S(=O)(=O)c1ccc2c(c1)c(=O)c(C(=O)NCCC(C)C)cn2C. The predicted octanol–water partition coefficient (Wildman–Crippen LogP) is 2.34. The molecule has 0 aliphatic heterocycles. The molecule has 1 heterocycles. The third-order valence-electron chi connectivity index (χ3n) is 4.76. The zero-order chi connectivity index (χ0) is 21.1. The largest absolute Gasteiger partial charge is 0.352 e. The van der Waals surface area contributed by atoms with E-state index in [4.69, 9.17) is 0 Å². The fourth-order valence-corrected chi connectivity index (χ4v) is 4.56. The third kappa shape index (κ3) is 4.44.